The predicted octanol–water partition coefficient (Wildman–Crippen LogP) is 2.72. The summed E-state index contributed by atoms with van der Waals surface area (Å²) in [6.45, 7) is 1.29. The van der Waals surface area contributed by atoms with Crippen LogP contribution in [0.1, 0.15) is 17.0 Å². The third-order valence-electron chi connectivity index (χ3n) is 7.72. The molecule has 1 aliphatic heterocycles. The van der Waals surface area contributed by atoms with E-state index in [2.05, 4.69) is 4.98 Å². The molecule has 1 amide bonds. The van der Waals surface area contributed by atoms with E-state index < -0.39 is 55.3 Å². The Bertz CT molecular complexity index is 1740. The van der Waals surface area contributed by atoms with E-state index in [1.165, 1.54) is 19.2 Å². The molecule has 2 heterocycles. The Balaban J connectivity index is 1.22. The zero-order valence-corrected chi connectivity index (χ0v) is 27.1. The highest BCUT2D eigenvalue weighted by atomic mass is 16.7. The number of hydrogen-bond donors (Lipinski definition) is 4. The molecule has 0 aliphatic carbocycles. The fourth-order valence-corrected chi connectivity index (χ4v) is 5.01. The first-order valence-electron chi connectivity index (χ1n) is 15.5. The quantitative estimate of drug-likeness (QED) is 0.149. The summed E-state index contributed by atoms with van der Waals surface area (Å²) in [7, 11) is 1.48. The Kier molecular flexibility index (Phi) is 11.7. The number of ether oxygens (including phenoxy) is 5. The molecular formula is C35H36N2O13. The first-order valence-corrected chi connectivity index (χ1v) is 15.5. The van der Waals surface area contributed by atoms with Gasteiger partial charge in [0.05, 0.1) is 19.4 Å². The van der Waals surface area contributed by atoms with Crippen LogP contribution in [0.2, 0.25) is 0 Å². The van der Waals surface area contributed by atoms with E-state index >= 15 is 0 Å². The largest absolute Gasteiger partial charge is 0.497 e. The number of aryl methyl sites for hydroxylation is 1. The van der Waals surface area contributed by atoms with E-state index in [1.54, 1.807) is 36.4 Å². The second-order valence-electron chi connectivity index (χ2n) is 11.3. The molecule has 50 heavy (non-hydrogen) atoms. The Morgan fingerprint density at radius 2 is 1.52 bits per heavy atom. The number of aliphatic hydroxyl groups excluding tert-OH is 3. The molecule has 4 N–H and O–H groups in total. The minimum Gasteiger partial charge on any atom is -0.497 e. The average Bonchev–Trinajstić information content (AvgIpc) is 3.49. The van der Waals surface area contributed by atoms with Crippen molar-refractivity contribution < 1.29 is 62.9 Å². The van der Waals surface area contributed by atoms with Crippen molar-refractivity contribution in [2.24, 2.45) is 0 Å². The van der Waals surface area contributed by atoms with E-state index in [1.807, 2.05) is 37.3 Å². The minimum absolute atomic E-state index is 0.141. The third-order valence-corrected chi connectivity index (χ3v) is 7.72. The molecule has 264 valence electrons. The van der Waals surface area contributed by atoms with Gasteiger partial charge in [-0.05, 0) is 61.0 Å². The van der Waals surface area contributed by atoms with Gasteiger partial charge < -0.3 is 48.5 Å². The lowest BCUT2D eigenvalue weighted by atomic mass is 9.99. The van der Waals surface area contributed by atoms with Gasteiger partial charge in [-0.25, -0.2) is 14.6 Å². The van der Waals surface area contributed by atoms with Gasteiger partial charge in [0, 0.05) is 18.5 Å². The number of carboxylic acids is 1. The number of benzene rings is 3. The van der Waals surface area contributed by atoms with E-state index in [0.29, 0.717) is 41.7 Å². The van der Waals surface area contributed by atoms with Crippen LogP contribution in [0.25, 0.3) is 11.5 Å². The molecule has 15 nitrogen and oxygen atoms in total. The predicted molar refractivity (Wildman–Crippen MR) is 172 cm³/mol. The maximum absolute atomic E-state index is 13.3. The van der Waals surface area contributed by atoms with Crippen LogP contribution in [-0.2, 0) is 32.0 Å². The average molecular weight is 693 g/mol. The van der Waals surface area contributed by atoms with Crippen molar-refractivity contribution in [1.29, 1.82) is 0 Å². The summed E-state index contributed by atoms with van der Waals surface area (Å²) in [5.41, 5.74) is 2.22. The molecule has 4 aromatic rings. The summed E-state index contributed by atoms with van der Waals surface area (Å²) in [6.07, 6.45) is -10.3. The molecule has 1 fully saturated rings. The molecule has 1 aliphatic rings. The second-order valence-corrected chi connectivity index (χ2v) is 11.3. The van der Waals surface area contributed by atoms with Crippen molar-refractivity contribution in [3.63, 3.8) is 0 Å². The van der Waals surface area contributed by atoms with E-state index in [4.69, 9.17) is 28.1 Å². The second kappa shape index (κ2) is 16.3. The van der Waals surface area contributed by atoms with Crippen LogP contribution in [0.15, 0.2) is 83.3 Å². The zero-order valence-electron chi connectivity index (χ0n) is 27.1. The number of carbonyl (C=O) groups is 3. The standard InChI is InChI=1S/C35H36N2O13/c1-20-26(36-32(47-20)22-6-4-3-5-7-22)16-17-46-24-10-8-21(9-11-24)18-37(35(44)48-25-14-12-23(45-2)13-15-25)19-27(38)49-34-30(41)28(39)29(40)31(50-34)33(42)43/h3-15,28-31,34,39-41H,16-19H2,1-2H3,(H,42,43)/t28-,29-,30+,31+,34+/m1/s1. The maximum atomic E-state index is 13.3. The molecule has 15 heteroatoms. The molecular weight excluding hydrogens is 656 g/mol. The van der Waals surface area contributed by atoms with Gasteiger partial charge in [0.15, 0.2) is 6.10 Å². The number of aromatic nitrogens is 1. The number of carbonyl (C=O) groups excluding carboxylic acids is 2. The molecule has 0 bridgehead atoms. The molecule has 0 unspecified atom stereocenters. The first kappa shape index (κ1) is 35.8. The normalized spacial score (nSPS) is 20.1. The molecule has 0 spiro atoms. The maximum Gasteiger partial charge on any atom is 0.416 e. The number of oxazole rings is 1. The van der Waals surface area contributed by atoms with E-state index in [0.717, 1.165) is 16.2 Å². The van der Waals surface area contributed by atoms with Crippen LogP contribution in [0, 0.1) is 6.92 Å². The van der Waals surface area contributed by atoms with Gasteiger partial charge in [-0.15, -0.1) is 0 Å². The summed E-state index contributed by atoms with van der Waals surface area (Å²) in [5, 5.41) is 39.5. The lowest BCUT2D eigenvalue weighted by molar-refractivity contribution is -0.286. The number of aliphatic hydroxyl groups is 3. The summed E-state index contributed by atoms with van der Waals surface area (Å²) in [4.78, 5) is 43.2. The summed E-state index contributed by atoms with van der Waals surface area (Å²) < 4.78 is 32.4. The van der Waals surface area contributed by atoms with Crippen molar-refractivity contribution in [3.8, 4) is 28.7 Å². The number of hydrogen-bond acceptors (Lipinski definition) is 13. The van der Waals surface area contributed by atoms with Gasteiger partial charge in [-0.2, -0.15) is 0 Å². The highest BCUT2D eigenvalue weighted by Gasteiger charge is 2.48. The van der Waals surface area contributed by atoms with Crippen LogP contribution in [0.3, 0.4) is 0 Å². The van der Waals surface area contributed by atoms with Gasteiger partial charge in [0.25, 0.3) is 0 Å². The summed E-state index contributed by atoms with van der Waals surface area (Å²) in [6, 6.07) is 22.5. The smallest absolute Gasteiger partial charge is 0.416 e. The molecule has 1 saturated heterocycles. The molecule has 0 saturated carbocycles. The number of methoxy groups -OCH3 is 1. The Labute approximate surface area is 286 Å². The number of carboxylic acid groups (broad SMARTS) is 1. The number of amides is 1. The molecule has 1 aromatic heterocycles. The molecule has 3 aromatic carbocycles. The fourth-order valence-electron chi connectivity index (χ4n) is 5.01. The van der Waals surface area contributed by atoms with E-state index in [-0.39, 0.29) is 12.3 Å². The lowest BCUT2D eigenvalue weighted by Gasteiger charge is -2.38. The zero-order chi connectivity index (χ0) is 35.8. The van der Waals surface area contributed by atoms with Crippen molar-refractivity contribution >= 4 is 18.0 Å². The molecule has 0 radical (unpaired) electrons. The van der Waals surface area contributed by atoms with Crippen molar-refractivity contribution in [3.05, 3.63) is 95.9 Å². The summed E-state index contributed by atoms with van der Waals surface area (Å²) >= 11 is 0. The number of rotatable bonds is 13. The van der Waals surface area contributed by atoms with Crippen LogP contribution in [0.5, 0.6) is 17.2 Å². The third kappa shape index (κ3) is 8.95. The van der Waals surface area contributed by atoms with E-state index in [9.17, 15) is 34.8 Å². The highest BCUT2D eigenvalue weighted by molar-refractivity contribution is 5.79. The summed E-state index contributed by atoms with van der Waals surface area (Å²) in [5.74, 6) is -0.309. The van der Waals surface area contributed by atoms with Gasteiger partial charge in [-0.3, -0.25) is 9.69 Å². The lowest BCUT2D eigenvalue weighted by Crippen LogP contribution is -2.60. The van der Waals surface area contributed by atoms with Crippen LogP contribution < -0.4 is 14.2 Å². The SMILES string of the molecule is COc1ccc(OC(=O)N(CC(=O)O[C@H]2O[C@H](C(=O)O)[C@H](O)[C@@H](O)[C@@H]2O)Cc2ccc(OCCc3nc(-c4ccccc4)oc3C)cc2)cc1. The minimum atomic E-state index is -1.98. The van der Waals surface area contributed by atoms with Crippen LogP contribution >= 0.6 is 0 Å². The van der Waals surface area contributed by atoms with Crippen molar-refractivity contribution in [2.45, 2.75) is 50.6 Å². The van der Waals surface area contributed by atoms with Crippen LogP contribution in [-0.4, -0.2) is 99.3 Å². The van der Waals surface area contributed by atoms with Crippen molar-refractivity contribution in [1.82, 2.24) is 9.88 Å². The van der Waals surface area contributed by atoms with Gasteiger partial charge in [-0.1, -0.05) is 30.3 Å². The van der Waals surface area contributed by atoms with Gasteiger partial charge in [0.1, 0.15) is 47.9 Å². The monoisotopic (exact) mass is 692 g/mol. The fraction of sp³-hybridized carbons (Fsp3) is 0.314. The first-order chi connectivity index (χ1) is 24.0. The number of nitrogens with zero attached hydrogens (tertiary/aromatic N) is 2. The number of esters is 1. The Morgan fingerprint density at radius 1 is 0.860 bits per heavy atom. The molecule has 5 rings (SSSR count). The highest BCUT2D eigenvalue weighted by Crippen LogP contribution is 2.25. The number of aliphatic carboxylic acids is 1. The van der Waals surface area contributed by atoms with Crippen LogP contribution in [0.4, 0.5) is 4.79 Å². The van der Waals surface area contributed by atoms with Gasteiger partial charge >= 0.3 is 18.0 Å². The Morgan fingerprint density at radius 3 is 2.18 bits per heavy atom. The topological polar surface area (TPSA) is 208 Å². The molecule has 5 atom stereocenters. The van der Waals surface area contributed by atoms with Gasteiger partial charge in [0.2, 0.25) is 12.2 Å². The van der Waals surface area contributed by atoms with Crippen molar-refractivity contribution in [2.75, 3.05) is 20.3 Å². The Hall–Kier alpha value is -5.48.